The first-order chi connectivity index (χ1) is 12.6. The van der Waals surface area contributed by atoms with Crippen LogP contribution in [-0.4, -0.2) is 58.4 Å². The summed E-state index contributed by atoms with van der Waals surface area (Å²) >= 11 is 1.74. The van der Waals surface area contributed by atoms with E-state index in [1.165, 1.54) is 10.4 Å². The van der Waals surface area contributed by atoms with Crippen LogP contribution in [0.3, 0.4) is 0 Å². The fourth-order valence-corrected chi connectivity index (χ4v) is 4.93. The fourth-order valence-electron chi connectivity index (χ4n) is 3.88. The molecule has 2 aromatic heterocycles. The average Bonchev–Trinajstić information content (AvgIpc) is 2.92. The Kier molecular flexibility index (Phi) is 5.40. The van der Waals surface area contributed by atoms with Crippen LogP contribution < -0.4 is 5.32 Å². The second-order valence-electron chi connectivity index (χ2n) is 7.44. The van der Waals surface area contributed by atoms with E-state index in [2.05, 4.69) is 24.1 Å². The lowest BCUT2D eigenvalue weighted by Crippen LogP contribution is -2.37. The molecule has 1 saturated heterocycles. The van der Waals surface area contributed by atoms with Crippen LogP contribution in [0.25, 0.3) is 10.2 Å². The van der Waals surface area contributed by atoms with Crippen molar-refractivity contribution >= 4 is 27.4 Å². The monoisotopic (exact) mass is 376 g/mol. The van der Waals surface area contributed by atoms with Gasteiger partial charge in [0.2, 0.25) is 0 Å². The molecule has 26 heavy (non-hydrogen) atoms. The van der Waals surface area contributed by atoms with Gasteiger partial charge in [-0.3, -0.25) is 4.90 Å². The summed E-state index contributed by atoms with van der Waals surface area (Å²) in [5.74, 6) is 1.75. The maximum atomic E-state index is 10.4. The summed E-state index contributed by atoms with van der Waals surface area (Å²) in [5.41, 5.74) is 1.25. The molecule has 2 unspecified atom stereocenters. The second-order valence-corrected chi connectivity index (χ2v) is 8.65. The zero-order valence-corrected chi connectivity index (χ0v) is 16.4. The van der Waals surface area contributed by atoms with Crippen LogP contribution in [0.5, 0.6) is 0 Å². The quantitative estimate of drug-likeness (QED) is 0.855. The topological polar surface area (TPSA) is 70.5 Å². The third kappa shape index (κ3) is 3.71. The summed E-state index contributed by atoms with van der Waals surface area (Å²) in [6, 6.07) is 0.0812. The molecule has 1 aliphatic heterocycles. The molecule has 6 nitrogen and oxygen atoms in total. The Morgan fingerprint density at radius 2 is 1.96 bits per heavy atom. The van der Waals surface area contributed by atoms with Crippen molar-refractivity contribution in [2.75, 3.05) is 31.6 Å². The van der Waals surface area contributed by atoms with E-state index in [0.29, 0.717) is 0 Å². The van der Waals surface area contributed by atoms with E-state index in [0.717, 1.165) is 80.4 Å². The molecule has 0 amide bonds. The van der Waals surface area contributed by atoms with Gasteiger partial charge in [0, 0.05) is 18.0 Å². The van der Waals surface area contributed by atoms with E-state index < -0.39 is 0 Å². The van der Waals surface area contributed by atoms with Gasteiger partial charge in [0.15, 0.2) is 0 Å². The molecular formula is C19H28N4O2S. The highest BCUT2D eigenvalue weighted by molar-refractivity contribution is 7.18. The molecule has 142 valence electrons. The van der Waals surface area contributed by atoms with Crippen molar-refractivity contribution in [3.8, 4) is 0 Å². The van der Waals surface area contributed by atoms with E-state index in [4.69, 9.17) is 14.7 Å². The highest BCUT2D eigenvalue weighted by Crippen LogP contribution is 2.34. The Bertz CT molecular complexity index is 772. The van der Waals surface area contributed by atoms with Gasteiger partial charge in [0.1, 0.15) is 16.5 Å². The fraction of sp³-hybridized carbons (Fsp3) is 0.684. The molecule has 4 rings (SSSR count). The van der Waals surface area contributed by atoms with Gasteiger partial charge < -0.3 is 15.2 Å². The van der Waals surface area contributed by atoms with Crippen LogP contribution in [-0.2, 0) is 11.3 Å². The molecule has 0 aromatic carbocycles. The molecule has 0 radical (unpaired) electrons. The lowest BCUT2D eigenvalue weighted by molar-refractivity contribution is 0.0331. The van der Waals surface area contributed by atoms with Gasteiger partial charge in [0.05, 0.1) is 37.3 Å². The van der Waals surface area contributed by atoms with Gasteiger partial charge in [0.25, 0.3) is 0 Å². The van der Waals surface area contributed by atoms with Crippen LogP contribution in [0.2, 0.25) is 0 Å². The zero-order valence-electron chi connectivity index (χ0n) is 15.6. The lowest BCUT2D eigenvalue weighted by atomic mass is 9.92. The first-order valence-electron chi connectivity index (χ1n) is 9.63. The molecular weight excluding hydrogens is 348 g/mol. The second kappa shape index (κ2) is 7.76. The van der Waals surface area contributed by atoms with Crippen molar-refractivity contribution < 1.29 is 9.84 Å². The summed E-state index contributed by atoms with van der Waals surface area (Å²) in [7, 11) is 0. The number of anilines is 1. The van der Waals surface area contributed by atoms with Gasteiger partial charge in [-0.05, 0) is 32.3 Å². The predicted molar refractivity (Wildman–Crippen MR) is 105 cm³/mol. The largest absolute Gasteiger partial charge is 0.391 e. The number of aliphatic hydroxyl groups excluding tert-OH is 1. The minimum atomic E-state index is -0.295. The summed E-state index contributed by atoms with van der Waals surface area (Å²) < 4.78 is 5.44. The third-order valence-electron chi connectivity index (χ3n) is 5.60. The number of hydrogen-bond acceptors (Lipinski definition) is 7. The van der Waals surface area contributed by atoms with Crippen molar-refractivity contribution in [3.05, 3.63) is 16.3 Å². The summed E-state index contributed by atoms with van der Waals surface area (Å²) in [6.07, 6.45) is 3.83. The summed E-state index contributed by atoms with van der Waals surface area (Å²) in [5, 5.41) is 15.1. The van der Waals surface area contributed by atoms with E-state index in [-0.39, 0.29) is 12.1 Å². The highest BCUT2D eigenvalue weighted by atomic mass is 32.1. The summed E-state index contributed by atoms with van der Waals surface area (Å²) in [6.45, 7) is 8.43. The Labute approximate surface area is 158 Å². The summed E-state index contributed by atoms with van der Waals surface area (Å²) in [4.78, 5) is 14.4. The van der Waals surface area contributed by atoms with E-state index in [9.17, 15) is 5.11 Å². The normalized spacial score (nSPS) is 24.9. The third-order valence-corrected chi connectivity index (χ3v) is 6.70. The molecule has 2 fully saturated rings. The first-order valence-corrected chi connectivity index (χ1v) is 10.4. The minimum Gasteiger partial charge on any atom is -0.391 e. The Balaban J connectivity index is 1.66. The molecule has 2 atom stereocenters. The Hall–Kier alpha value is -1.28. The van der Waals surface area contributed by atoms with Crippen molar-refractivity contribution in [2.45, 2.75) is 58.2 Å². The molecule has 1 saturated carbocycles. The number of ether oxygens (including phenoxy) is 1. The Morgan fingerprint density at radius 3 is 2.73 bits per heavy atom. The Morgan fingerprint density at radius 1 is 1.19 bits per heavy atom. The molecule has 0 spiro atoms. The van der Waals surface area contributed by atoms with Gasteiger partial charge >= 0.3 is 0 Å². The predicted octanol–water partition coefficient (Wildman–Crippen LogP) is 2.86. The molecule has 7 heteroatoms. The number of aryl methyl sites for hydroxylation is 2. The molecule has 2 aliphatic rings. The smallest absolute Gasteiger partial charge is 0.146 e. The van der Waals surface area contributed by atoms with Gasteiger partial charge in [-0.15, -0.1) is 11.3 Å². The number of morpholine rings is 1. The minimum absolute atomic E-state index is 0.0812. The van der Waals surface area contributed by atoms with Crippen LogP contribution in [0.1, 0.15) is 41.9 Å². The van der Waals surface area contributed by atoms with Crippen molar-refractivity contribution in [3.63, 3.8) is 0 Å². The van der Waals surface area contributed by atoms with Crippen LogP contribution in [0.4, 0.5) is 5.82 Å². The number of fused-ring (bicyclic) bond motifs is 1. The van der Waals surface area contributed by atoms with Crippen LogP contribution in [0, 0.1) is 13.8 Å². The lowest BCUT2D eigenvalue weighted by Gasteiger charge is -2.29. The molecule has 2 N–H and O–H groups in total. The number of aliphatic hydroxyl groups is 1. The maximum Gasteiger partial charge on any atom is 0.146 e. The number of nitrogens with one attached hydrogen (secondary N) is 1. The molecule has 0 bridgehead atoms. The number of thiophene rings is 1. The van der Waals surface area contributed by atoms with E-state index in [1.54, 1.807) is 11.3 Å². The van der Waals surface area contributed by atoms with Crippen molar-refractivity contribution in [2.24, 2.45) is 0 Å². The maximum absolute atomic E-state index is 10.4. The SMILES string of the molecule is Cc1sc2nc(CN3CCOCC3)nc(NC3CCCCC3O)c2c1C. The zero-order chi connectivity index (χ0) is 18.1. The number of hydrogen-bond donors (Lipinski definition) is 2. The highest BCUT2D eigenvalue weighted by Gasteiger charge is 2.25. The number of rotatable bonds is 4. The average molecular weight is 377 g/mol. The van der Waals surface area contributed by atoms with Crippen LogP contribution in [0.15, 0.2) is 0 Å². The van der Waals surface area contributed by atoms with E-state index >= 15 is 0 Å². The molecule has 2 aromatic rings. The van der Waals surface area contributed by atoms with E-state index in [1.807, 2.05) is 0 Å². The van der Waals surface area contributed by atoms with Crippen molar-refractivity contribution in [1.82, 2.24) is 14.9 Å². The van der Waals surface area contributed by atoms with Gasteiger partial charge in [-0.2, -0.15) is 0 Å². The molecule has 1 aliphatic carbocycles. The number of nitrogens with zero attached hydrogens (tertiary/aromatic N) is 3. The van der Waals surface area contributed by atoms with Crippen molar-refractivity contribution in [1.29, 1.82) is 0 Å². The first kappa shape index (κ1) is 18.1. The number of aromatic nitrogens is 2. The van der Waals surface area contributed by atoms with Gasteiger partial charge in [-0.1, -0.05) is 12.8 Å². The standard InChI is InChI=1S/C19H28N4O2S/c1-12-13(2)26-19-17(12)18(20-14-5-3-4-6-15(14)24)21-16(22-19)11-23-7-9-25-10-8-23/h14-15,24H,3-11H2,1-2H3,(H,20,21,22). The van der Waals surface area contributed by atoms with Crippen LogP contribution >= 0.6 is 11.3 Å². The molecule has 3 heterocycles. The van der Waals surface area contributed by atoms with Gasteiger partial charge in [-0.25, -0.2) is 9.97 Å².